The molecule has 1 saturated heterocycles. The molecule has 1 aliphatic rings. The van der Waals surface area contributed by atoms with Crippen molar-refractivity contribution in [2.75, 3.05) is 50.0 Å². The minimum absolute atomic E-state index is 0.234. The zero-order valence-electron chi connectivity index (χ0n) is 21.9. The van der Waals surface area contributed by atoms with E-state index in [1.165, 1.54) is 24.3 Å². The van der Waals surface area contributed by atoms with Gasteiger partial charge in [-0.2, -0.15) is 0 Å². The number of rotatable bonds is 8. The molecule has 210 valence electrons. The van der Waals surface area contributed by atoms with Crippen LogP contribution in [-0.4, -0.2) is 71.1 Å². The van der Waals surface area contributed by atoms with Crippen LogP contribution in [0.3, 0.4) is 0 Å². The normalized spacial score (nSPS) is 13.9. The molecule has 1 fully saturated rings. The van der Waals surface area contributed by atoms with E-state index >= 15 is 0 Å². The van der Waals surface area contributed by atoms with Crippen molar-refractivity contribution >= 4 is 62.1 Å². The van der Waals surface area contributed by atoms with Crippen LogP contribution in [0.1, 0.15) is 30.6 Å². The summed E-state index contributed by atoms with van der Waals surface area (Å²) in [7, 11) is 3.41. The van der Waals surface area contributed by atoms with E-state index in [1.807, 2.05) is 0 Å². The molecule has 1 aliphatic heterocycles. The van der Waals surface area contributed by atoms with Gasteiger partial charge in [0.2, 0.25) is 0 Å². The van der Waals surface area contributed by atoms with E-state index in [2.05, 4.69) is 20.9 Å². The van der Waals surface area contributed by atoms with Gasteiger partial charge in [0.1, 0.15) is 22.1 Å². The monoisotopic (exact) mass is 586 g/mol. The maximum Gasteiger partial charge on any atom is 0.272 e. The molecule has 3 amide bonds. The first-order valence-electron chi connectivity index (χ1n) is 12.6. The van der Waals surface area contributed by atoms with Crippen LogP contribution in [-0.2, 0) is 18.8 Å². The van der Waals surface area contributed by atoms with Gasteiger partial charge in [-0.1, -0.05) is 11.6 Å². The van der Waals surface area contributed by atoms with E-state index in [9.17, 15) is 18.8 Å². The van der Waals surface area contributed by atoms with Crippen LogP contribution in [0.2, 0.25) is 5.02 Å². The lowest BCUT2D eigenvalue weighted by Gasteiger charge is -2.26. The molecule has 3 aromatic heterocycles. The number of nitrogens with one attached hydrogen (secondary N) is 3. The van der Waals surface area contributed by atoms with Gasteiger partial charge in [-0.15, -0.1) is 11.3 Å². The average molecular weight is 587 g/mol. The molecule has 40 heavy (non-hydrogen) atoms. The number of hydrogen-bond acceptors (Lipinski definition) is 6. The molecular weight excluding hydrogens is 559 g/mol. The molecule has 3 N–H and O–H groups in total. The van der Waals surface area contributed by atoms with Crippen molar-refractivity contribution in [1.29, 1.82) is 0 Å². The fraction of sp³-hybridized carbons (Fsp3) is 0.296. The minimum atomic E-state index is -0.462. The standard InChI is InChI=1S/C27H28ClFN6O4S/c1-33-14-17(12-20(33)25(36)30-5-6-35-7-9-39-10-8-35)31-26(37)21-13-18(15-34(21)2)32-27(38)24-23(28)19-4-3-16(29)11-22(19)40-24/h3-4,11-15H,5-10H2,1-2H3,(H,30,36)(H,31,37)(H,32,38). The Hall–Kier alpha value is -3.71. The number of morpholine rings is 1. The van der Waals surface area contributed by atoms with Gasteiger partial charge in [-0.3, -0.25) is 19.3 Å². The molecule has 5 rings (SSSR count). The van der Waals surface area contributed by atoms with Crippen LogP contribution in [0.4, 0.5) is 15.8 Å². The highest BCUT2D eigenvalue weighted by atomic mass is 35.5. The van der Waals surface area contributed by atoms with E-state index < -0.39 is 17.6 Å². The van der Waals surface area contributed by atoms with Gasteiger partial charge in [-0.25, -0.2) is 4.39 Å². The Morgan fingerprint density at radius 2 is 1.57 bits per heavy atom. The van der Waals surface area contributed by atoms with E-state index in [0.29, 0.717) is 52.6 Å². The van der Waals surface area contributed by atoms with Crippen molar-refractivity contribution in [2.45, 2.75) is 0 Å². The molecular formula is C27H28ClFN6O4S. The molecule has 4 aromatic rings. The fourth-order valence-electron chi connectivity index (χ4n) is 4.53. The van der Waals surface area contributed by atoms with Crippen molar-refractivity contribution in [3.63, 3.8) is 0 Å². The summed E-state index contributed by atoms with van der Waals surface area (Å²) in [5.41, 5.74) is 1.56. The molecule has 0 spiro atoms. The Balaban J connectivity index is 1.20. The summed E-state index contributed by atoms with van der Waals surface area (Å²) in [5, 5.41) is 9.32. The number of hydrogen-bond donors (Lipinski definition) is 3. The van der Waals surface area contributed by atoms with Crippen molar-refractivity contribution < 1.29 is 23.5 Å². The molecule has 0 unspecified atom stereocenters. The summed E-state index contributed by atoms with van der Waals surface area (Å²) in [6, 6.07) is 7.31. The first kappa shape index (κ1) is 27.8. The zero-order chi connectivity index (χ0) is 28.4. The van der Waals surface area contributed by atoms with Crippen molar-refractivity contribution in [1.82, 2.24) is 19.4 Å². The van der Waals surface area contributed by atoms with Crippen molar-refractivity contribution in [3.05, 3.63) is 69.8 Å². The number of nitrogens with zero attached hydrogens (tertiary/aromatic N) is 3. The summed E-state index contributed by atoms with van der Waals surface area (Å²) in [6.45, 7) is 4.34. The predicted molar refractivity (Wildman–Crippen MR) is 153 cm³/mol. The largest absolute Gasteiger partial charge is 0.379 e. The lowest BCUT2D eigenvalue weighted by Crippen LogP contribution is -2.41. The number of carbonyl (C=O) groups excluding carboxylic acids is 3. The number of halogens is 2. The topological polar surface area (TPSA) is 110 Å². The van der Waals surface area contributed by atoms with E-state index in [0.717, 1.165) is 31.0 Å². The second-order valence-corrected chi connectivity index (χ2v) is 10.9. The van der Waals surface area contributed by atoms with Gasteiger partial charge in [0, 0.05) is 62.8 Å². The molecule has 4 heterocycles. The van der Waals surface area contributed by atoms with E-state index in [1.54, 1.807) is 41.7 Å². The second kappa shape index (κ2) is 11.8. The van der Waals surface area contributed by atoms with Crippen molar-refractivity contribution in [2.24, 2.45) is 14.1 Å². The molecule has 13 heteroatoms. The molecule has 0 aliphatic carbocycles. The van der Waals surface area contributed by atoms with Crippen LogP contribution in [0.25, 0.3) is 10.1 Å². The van der Waals surface area contributed by atoms with Gasteiger partial charge in [0.25, 0.3) is 17.7 Å². The number of amides is 3. The lowest BCUT2D eigenvalue weighted by atomic mass is 10.2. The Kier molecular flexibility index (Phi) is 8.22. The number of benzene rings is 1. The van der Waals surface area contributed by atoms with Gasteiger partial charge >= 0.3 is 0 Å². The quantitative estimate of drug-likeness (QED) is 0.290. The van der Waals surface area contributed by atoms with Gasteiger partial charge in [0.15, 0.2) is 0 Å². The first-order chi connectivity index (χ1) is 19.2. The maximum absolute atomic E-state index is 13.6. The third kappa shape index (κ3) is 6.04. The minimum Gasteiger partial charge on any atom is -0.379 e. The third-order valence-electron chi connectivity index (χ3n) is 6.61. The predicted octanol–water partition coefficient (Wildman–Crippen LogP) is 3.94. The highest BCUT2D eigenvalue weighted by Crippen LogP contribution is 2.36. The molecule has 0 bridgehead atoms. The SMILES string of the molecule is Cn1cc(NC(=O)c2cc(NC(=O)c3sc4cc(F)ccc4c3Cl)cn2C)cc1C(=O)NCCN1CCOCC1. The second-order valence-electron chi connectivity index (χ2n) is 9.45. The Morgan fingerprint density at radius 3 is 2.25 bits per heavy atom. The number of fused-ring (bicyclic) bond motifs is 1. The Morgan fingerprint density at radius 1 is 0.950 bits per heavy atom. The molecule has 1 aromatic carbocycles. The van der Waals surface area contributed by atoms with Crippen LogP contribution >= 0.6 is 22.9 Å². The van der Waals surface area contributed by atoms with Crippen LogP contribution < -0.4 is 16.0 Å². The number of ether oxygens (including phenoxy) is 1. The highest BCUT2D eigenvalue weighted by molar-refractivity contribution is 7.21. The number of aryl methyl sites for hydroxylation is 2. The Labute approximate surface area is 238 Å². The maximum atomic E-state index is 13.6. The van der Waals surface area contributed by atoms with Gasteiger partial charge in [0.05, 0.1) is 29.6 Å². The number of anilines is 2. The average Bonchev–Trinajstić information content (AvgIpc) is 3.58. The third-order valence-corrected chi connectivity index (χ3v) is 8.26. The van der Waals surface area contributed by atoms with Crippen LogP contribution in [0.15, 0.2) is 42.7 Å². The molecule has 10 nitrogen and oxygen atoms in total. The van der Waals surface area contributed by atoms with Crippen LogP contribution in [0.5, 0.6) is 0 Å². The van der Waals surface area contributed by atoms with Crippen molar-refractivity contribution in [3.8, 4) is 0 Å². The van der Waals surface area contributed by atoms with E-state index in [4.69, 9.17) is 16.3 Å². The summed E-state index contributed by atoms with van der Waals surface area (Å²) in [6.07, 6.45) is 3.26. The van der Waals surface area contributed by atoms with Gasteiger partial charge in [-0.05, 0) is 30.3 Å². The molecule has 0 atom stereocenters. The molecule has 0 saturated carbocycles. The van der Waals surface area contributed by atoms with Crippen LogP contribution in [0, 0.1) is 5.82 Å². The summed E-state index contributed by atoms with van der Waals surface area (Å²) >= 11 is 7.46. The fourth-order valence-corrected chi connectivity index (χ4v) is 5.97. The zero-order valence-corrected chi connectivity index (χ0v) is 23.5. The number of aromatic nitrogens is 2. The highest BCUT2D eigenvalue weighted by Gasteiger charge is 2.21. The summed E-state index contributed by atoms with van der Waals surface area (Å²) < 4.78 is 22.7. The first-order valence-corrected chi connectivity index (χ1v) is 13.8. The summed E-state index contributed by atoms with van der Waals surface area (Å²) in [4.78, 5) is 41.1. The molecule has 0 radical (unpaired) electrons. The Bertz CT molecular complexity index is 1590. The van der Waals surface area contributed by atoms with E-state index in [-0.39, 0.29) is 15.8 Å². The number of carbonyl (C=O) groups is 3. The number of thiophene rings is 1. The lowest BCUT2D eigenvalue weighted by molar-refractivity contribution is 0.0383. The summed E-state index contributed by atoms with van der Waals surface area (Å²) in [5.74, 6) is -1.52. The van der Waals surface area contributed by atoms with Gasteiger partial charge < -0.3 is 29.8 Å². The smallest absolute Gasteiger partial charge is 0.272 e.